The number of amides is 1. The van der Waals surface area contributed by atoms with Crippen LogP contribution in [0, 0.1) is 0 Å². The zero-order chi connectivity index (χ0) is 22.6. The molecule has 1 amide bonds. The van der Waals surface area contributed by atoms with Gasteiger partial charge < -0.3 is 26.7 Å². The highest BCUT2D eigenvalue weighted by atomic mass is 16.2. The zero-order valence-electron chi connectivity index (χ0n) is 17.3. The van der Waals surface area contributed by atoms with Gasteiger partial charge in [0.2, 0.25) is 6.41 Å². The second-order valence-corrected chi connectivity index (χ2v) is 4.25. The number of benzene rings is 1. The minimum Gasteiger partial charge on any atom is -0.400 e. The van der Waals surface area contributed by atoms with Gasteiger partial charge in [-0.05, 0) is 12.0 Å². The van der Waals surface area contributed by atoms with Crippen molar-refractivity contribution >= 4 is 24.9 Å². The van der Waals surface area contributed by atoms with Gasteiger partial charge in [0.1, 0.15) is 12.6 Å². The molecule has 0 fully saturated rings. The number of carbonyl (C=O) groups is 2. The highest BCUT2D eigenvalue weighted by molar-refractivity contribution is 5.97. The highest BCUT2D eigenvalue weighted by Crippen LogP contribution is 2.04. The number of aliphatic hydroxyl groups is 1. The molecule has 0 spiro atoms. The number of hydrogen-bond acceptors (Lipinski definition) is 7. The van der Waals surface area contributed by atoms with Crippen molar-refractivity contribution < 1.29 is 14.7 Å². The quantitative estimate of drug-likeness (QED) is 0.0906. The van der Waals surface area contributed by atoms with Crippen LogP contribution < -0.4 is 28.5 Å². The molecule has 0 atom stereocenters. The standard InChI is InChI=1S/C10H13N5O.C5H10O.C2H6.CH4O.H4N2/c11-6-14-15-10(12)9-3-1-8(2-4-9)5-13-7-16;1-2-3-4-5-6;3*1-2/h1-4,6-7H,5H2,(H2,11,14)(H2,12,15)(H,13,16);5H,2-4H2,1H3;1-2H3;2H,1H3;1-2H2. The third-order valence-electron chi connectivity index (χ3n) is 2.55. The molecule has 10 N–H and O–H groups in total. The van der Waals surface area contributed by atoms with E-state index in [9.17, 15) is 9.59 Å². The Hall–Kier alpha value is -2.82. The predicted molar refractivity (Wildman–Crippen MR) is 116 cm³/mol. The average molecular weight is 400 g/mol. The summed E-state index contributed by atoms with van der Waals surface area (Å²) in [6.07, 6.45) is 5.58. The van der Waals surface area contributed by atoms with Gasteiger partial charge in [0.25, 0.3) is 0 Å². The van der Waals surface area contributed by atoms with Crippen molar-refractivity contribution in [3.8, 4) is 0 Å². The van der Waals surface area contributed by atoms with Gasteiger partial charge in [0, 0.05) is 25.6 Å². The van der Waals surface area contributed by atoms with E-state index in [-0.39, 0.29) is 5.84 Å². The van der Waals surface area contributed by atoms with Gasteiger partial charge >= 0.3 is 0 Å². The minimum absolute atomic E-state index is 0.289. The molecule has 0 radical (unpaired) electrons. The Morgan fingerprint density at radius 2 is 1.68 bits per heavy atom. The molecular formula is C18H37N7O3. The van der Waals surface area contributed by atoms with E-state index in [1.807, 2.05) is 26.0 Å². The maximum absolute atomic E-state index is 10.1. The largest absolute Gasteiger partial charge is 0.400 e. The summed E-state index contributed by atoms with van der Waals surface area (Å²) < 4.78 is 0. The molecule has 0 aliphatic heterocycles. The normalized spacial score (nSPS) is 9.04. The van der Waals surface area contributed by atoms with Crippen molar-refractivity contribution in [1.82, 2.24) is 5.32 Å². The van der Waals surface area contributed by atoms with Crippen LogP contribution in [0.5, 0.6) is 0 Å². The molecule has 0 heterocycles. The molecule has 0 saturated heterocycles. The summed E-state index contributed by atoms with van der Waals surface area (Å²) in [5.74, 6) is 8.29. The fraction of sp³-hybridized carbons (Fsp3) is 0.444. The molecule has 1 aromatic carbocycles. The molecule has 0 unspecified atom stereocenters. The Labute approximate surface area is 168 Å². The third-order valence-corrected chi connectivity index (χ3v) is 2.55. The molecule has 10 nitrogen and oxygen atoms in total. The number of aldehydes is 1. The first-order chi connectivity index (χ1) is 13.7. The summed E-state index contributed by atoms with van der Waals surface area (Å²) in [5, 5.41) is 16.7. The van der Waals surface area contributed by atoms with E-state index in [1.54, 1.807) is 12.1 Å². The van der Waals surface area contributed by atoms with Crippen molar-refractivity contribution in [2.45, 2.75) is 46.6 Å². The van der Waals surface area contributed by atoms with Crippen LogP contribution >= 0.6 is 0 Å². The van der Waals surface area contributed by atoms with E-state index in [1.165, 1.54) is 0 Å². The van der Waals surface area contributed by atoms with E-state index in [0.29, 0.717) is 13.0 Å². The Kier molecular flexibility index (Phi) is 37.4. The van der Waals surface area contributed by atoms with Crippen molar-refractivity contribution in [2.75, 3.05) is 7.11 Å². The lowest BCUT2D eigenvalue weighted by Crippen LogP contribution is -2.14. The SMILES string of the molecule is CC.CCCCC=O.CO.N/C=N\N=C(/N)c1ccc(CNC=O)cc1.NN. The Morgan fingerprint density at radius 1 is 1.14 bits per heavy atom. The fourth-order valence-electron chi connectivity index (χ4n) is 1.39. The van der Waals surface area contributed by atoms with Crippen LogP contribution in [-0.4, -0.2) is 37.1 Å². The number of rotatable bonds is 8. The van der Waals surface area contributed by atoms with Crippen molar-refractivity contribution in [3.05, 3.63) is 35.4 Å². The smallest absolute Gasteiger partial charge is 0.207 e. The second kappa shape index (κ2) is 31.9. The molecule has 0 aliphatic carbocycles. The van der Waals surface area contributed by atoms with E-state index in [2.05, 4.69) is 34.1 Å². The molecule has 0 aliphatic rings. The van der Waals surface area contributed by atoms with E-state index >= 15 is 0 Å². The predicted octanol–water partition coefficient (Wildman–Crippen LogP) is 0.369. The molecule has 10 heteroatoms. The summed E-state index contributed by atoms with van der Waals surface area (Å²) in [6, 6.07) is 7.29. The van der Waals surface area contributed by atoms with Crippen molar-refractivity contribution in [3.63, 3.8) is 0 Å². The molecule has 1 aromatic rings. The third kappa shape index (κ3) is 23.2. The van der Waals surface area contributed by atoms with Crippen LogP contribution in [0.4, 0.5) is 0 Å². The number of amidine groups is 1. The molecule has 162 valence electrons. The fourth-order valence-corrected chi connectivity index (χ4v) is 1.39. The van der Waals surface area contributed by atoms with Crippen molar-refractivity contribution in [1.29, 1.82) is 0 Å². The number of nitrogens with zero attached hydrogens (tertiary/aromatic N) is 2. The maximum Gasteiger partial charge on any atom is 0.207 e. The first kappa shape index (κ1) is 32.8. The zero-order valence-corrected chi connectivity index (χ0v) is 17.3. The second-order valence-electron chi connectivity index (χ2n) is 4.25. The van der Waals surface area contributed by atoms with Gasteiger partial charge in [-0.2, -0.15) is 0 Å². The van der Waals surface area contributed by atoms with Crippen LogP contribution in [0.2, 0.25) is 0 Å². The molecule has 0 aromatic heterocycles. The minimum atomic E-state index is 0.289. The Bertz CT molecular complexity index is 492. The van der Waals surface area contributed by atoms with Crippen LogP contribution in [0.1, 0.15) is 51.2 Å². The van der Waals surface area contributed by atoms with Crippen molar-refractivity contribution in [2.24, 2.45) is 33.4 Å². The number of carbonyl (C=O) groups excluding carboxylic acids is 2. The first-order valence-electron chi connectivity index (χ1n) is 8.74. The lowest BCUT2D eigenvalue weighted by atomic mass is 10.1. The lowest BCUT2D eigenvalue weighted by molar-refractivity contribution is -0.109. The summed E-state index contributed by atoms with van der Waals surface area (Å²) in [6.45, 7) is 6.56. The molecule has 0 saturated carbocycles. The number of hydrogen-bond donors (Lipinski definition) is 6. The van der Waals surface area contributed by atoms with Crippen LogP contribution in [0.15, 0.2) is 34.5 Å². The highest BCUT2D eigenvalue weighted by Gasteiger charge is 1.98. The van der Waals surface area contributed by atoms with E-state index < -0.39 is 0 Å². The summed E-state index contributed by atoms with van der Waals surface area (Å²) in [5.41, 5.74) is 12.4. The number of aliphatic hydroxyl groups excluding tert-OH is 1. The maximum atomic E-state index is 10.1. The number of hydrazine groups is 1. The van der Waals surface area contributed by atoms with Gasteiger partial charge in [0.15, 0.2) is 5.84 Å². The Balaban J connectivity index is -0.000000201. The monoisotopic (exact) mass is 399 g/mol. The lowest BCUT2D eigenvalue weighted by Gasteiger charge is -2.02. The molecule has 28 heavy (non-hydrogen) atoms. The van der Waals surface area contributed by atoms with Gasteiger partial charge in [-0.15, -0.1) is 10.2 Å². The summed E-state index contributed by atoms with van der Waals surface area (Å²) in [4.78, 5) is 19.7. The van der Waals surface area contributed by atoms with Crippen LogP contribution in [0.25, 0.3) is 0 Å². The van der Waals surface area contributed by atoms with Gasteiger partial charge in [-0.3, -0.25) is 16.5 Å². The number of nitrogens with one attached hydrogen (secondary N) is 1. The molecule has 1 rings (SSSR count). The topological polar surface area (TPSA) is 195 Å². The van der Waals surface area contributed by atoms with Gasteiger partial charge in [-0.1, -0.05) is 51.5 Å². The molecular weight excluding hydrogens is 362 g/mol. The average Bonchev–Trinajstić information content (AvgIpc) is 2.79. The number of unbranched alkanes of at least 4 members (excludes halogenated alkanes) is 2. The first-order valence-corrected chi connectivity index (χ1v) is 8.74. The van der Waals surface area contributed by atoms with Gasteiger partial charge in [-0.25, -0.2) is 0 Å². The Morgan fingerprint density at radius 3 is 2.04 bits per heavy atom. The van der Waals surface area contributed by atoms with Crippen LogP contribution in [-0.2, 0) is 16.1 Å². The van der Waals surface area contributed by atoms with Gasteiger partial charge in [0.05, 0.1) is 0 Å². The van der Waals surface area contributed by atoms with E-state index in [4.69, 9.17) is 16.6 Å². The summed E-state index contributed by atoms with van der Waals surface area (Å²) >= 11 is 0. The molecule has 0 bridgehead atoms. The summed E-state index contributed by atoms with van der Waals surface area (Å²) in [7, 11) is 1.00. The number of nitrogens with two attached hydrogens (primary N) is 4. The van der Waals surface area contributed by atoms with E-state index in [0.717, 1.165) is 50.1 Å². The van der Waals surface area contributed by atoms with Crippen LogP contribution in [0.3, 0.4) is 0 Å².